The van der Waals surface area contributed by atoms with Gasteiger partial charge >= 0.3 is 0 Å². The average molecular weight is 371 g/mol. The van der Waals surface area contributed by atoms with Crippen molar-refractivity contribution in [2.75, 3.05) is 0 Å². The van der Waals surface area contributed by atoms with Crippen LogP contribution in [0.3, 0.4) is 0 Å². The summed E-state index contributed by atoms with van der Waals surface area (Å²) < 4.78 is 28.2. The number of halogens is 2. The van der Waals surface area contributed by atoms with E-state index in [1.165, 1.54) is 35.6 Å². The molecule has 0 unspecified atom stereocenters. The molecule has 3 nitrogen and oxygen atoms in total. The zero-order valence-corrected chi connectivity index (χ0v) is 15.6. The van der Waals surface area contributed by atoms with Crippen molar-refractivity contribution in [1.29, 1.82) is 0 Å². The number of benzene rings is 2. The molecule has 0 atom stereocenters. The highest BCUT2D eigenvalue weighted by atomic mass is 32.1. The van der Waals surface area contributed by atoms with Crippen LogP contribution < -0.4 is 4.80 Å². The summed E-state index contributed by atoms with van der Waals surface area (Å²) >= 11 is 1.48. The second-order valence-corrected chi connectivity index (χ2v) is 6.97. The van der Waals surface area contributed by atoms with Crippen LogP contribution in [0.1, 0.15) is 26.3 Å². The van der Waals surface area contributed by atoms with Crippen LogP contribution in [0.5, 0.6) is 0 Å². The third-order valence-electron chi connectivity index (χ3n) is 3.71. The van der Waals surface area contributed by atoms with Gasteiger partial charge in [0.05, 0.1) is 11.4 Å². The van der Waals surface area contributed by atoms with Crippen molar-refractivity contribution in [1.82, 2.24) is 4.68 Å². The van der Waals surface area contributed by atoms with Crippen molar-refractivity contribution in [3.8, 4) is 11.3 Å². The Labute approximate surface area is 155 Å². The van der Waals surface area contributed by atoms with Crippen LogP contribution >= 0.6 is 11.3 Å². The van der Waals surface area contributed by atoms with E-state index in [4.69, 9.17) is 5.10 Å². The lowest BCUT2D eigenvalue weighted by atomic mass is 10.1. The topological polar surface area (TPSA) is 29.6 Å². The van der Waals surface area contributed by atoms with Crippen LogP contribution in [0, 0.1) is 11.6 Å². The summed E-state index contributed by atoms with van der Waals surface area (Å²) in [4.78, 5) is 5.38. The smallest absolute Gasteiger partial charge is 0.206 e. The van der Waals surface area contributed by atoms with Gasteiger partial charge in [-0.05, 0) is 62.7 Å². The molecule has 1 aromatic heterocycles. The molecule has 26 heavy (non-hydrogen) atoms. The van der Waals surface area contributed by atoms with E-state index in [2.05, 4.69) is 4.99 Å². The normalized spacial score (nSPS) is 12.8. The van der Waals surface area contributed by atoms with Gasteiger partial charge in [0, 0.05) is 17.0 Å². The molecule has 6 heteroatoms. The minimum Gasteiger partial charge on any atom is -0.255 e. The van der Waals surface area contributed by atoms with E-state index in [9.17, 15) is 8.78 Å². The zero-order chi connectivity index (χ0) is 18.7. The van der Waals surface area contributed by atoms with Gasteiger partial charge in [-0.25, -0.2) is 13.5 Å². The van der Waals surface area contributed by atoms with Crippen LogP contribution in [0.2, 0.25) is 0 Å². The first kappa shape index (κ1) is 18.2. The van der Waals surface area contributed by atoms with Crippen molar-refractivity contribution in [2.24, 2.45) is 10.1 Å². The van der Waals surface area contributed by atoms with Gasteiger partial charge in [-0.1, -0.05) is 12.1 Å². The Hall–Kier alpha value is -2.60. The lowest BCUT2D eigenvalue weighted by Gasteiger charge is -2.07. The monoisotopic (exact) mass is 371 g/mol. The summed E-state index contributed by atoms with van der Waals surface area (Å²) in [5.74, 6) is -0.569. The molecule has 0 saturated carbocycles. The minimum atomic E-state index is -0.285. The predicted molar refractivity (Wildman–Crippen MR) is 102 cm³/mol. The van der Waals surface area contributed by atoms with Gasteiger partial charge in [0.1, 0.15) is 11.6 Å². The Morgan fingerprint density at radius 2 is 1.54 bits per heavy atom. The van der Waals surface area contributed by atoms with E-state index in [1.807, 2.05) is 26.2 Å². The molecule has 0 spiro atoms. The number of hydrogen-bond acceptors (Lipinski definition) is 3. The molecule has 0 aliphatic heterocycles. The summed E-state index contributed by atoms with van der Waals surface area (Å²) in [7, 11) is 0. The number of nitrogens with zero attached hydrogens (tertiary/aromatic N) is 3. The maximum Gasteiger partial charge on any atom is 0.206 e. The minimum absolute atomic E-state index is 0.113. The molecular weight excluding hydrogens is 352 g/mol. The molecule has 3 rings (SSSR count). The Morgan fingerprint density at radius 1 is 0.962 bits per heavy atom. The highest BCUT2D eigenvalue weighted by Gasteiger charge is 2.09. The maximum atomic E-state index is 13.3. The number of thiazole rings is 1. The number of aromatic nitrogens is 1. The fourth-order valence-electron chi connectivity index (χ4n) is 2.42. The quantitative estimate of drug-likeness (QED) is 0.573. The van der Waals surface area contributed by atoms with Gasteiger partial charge in [-0.3, -0.25) is 4.99 Å². The fourth-order valence-corrected chi connectivity index (χ4v) is 3.39. The van der Waals surface area contributed by atoms with Crippen molar-refractivity contribution in [3.63, 3.8) is 0 Å². The number of hydrogen-bond donors (Lipinski definition) is 0. The van der Waals surface area contributed by atoms with E-state index in [0.717, 1.165) is 27.3 Å². The molecule has 0 amide bonds. The molecule has 0 saturated heterocycles. The molecule has 0 bridgehead atoms. The lowest BCUT2D eigenvalue weighted by molar-refractivity contribution is 0.627. The summed E-state index contributed by atoms with van der Waals surface area (Å²) in [6.45, 7) is 5.86. The Bertz CT molecular complexity index is 981. The molecule has 2 aromatic carbocycles. The predicted octanol–water partition coefficient (Wildman–Crippen LogP) is 5.08. The second kappa shape index (κ2) is 7.74. The second-order valence-electron chi connectivity index (χ2n) is 6.14. The van der Waals surface area contributed by atoms with Crippen LogP contribution in [0.25, 0.3) is 11.3 Å². The molecule has 0 fully saturated rings. The van der Waals surface area contributed by atoms with Gasteiger partial charge in [0.15, 0.2) is 0 Å². The third-order valence-corrected chi connectivity index (χ3v) is 4.54. The molecule has 0 radical (unpaired) electrons. The summed E-state index contributed by atoms with van der Waals surface area (Å²) in [5, 5.41) is 6.66. The van der Waals surface area contributed by atoms with Crippen molar-refractivity contribution < 1.29 is 8.78 Å². The first-order valence-electron chi connectivity index (χ1n) is 8.26. The summed E-state index contributed by atoms with van der Waals surface area (Å²) in [6, 6.07) is 12.6. The van der Waals surface area contributed by atoms with Crippen molar-refractivity contribution >= 4 is 17.0 Å². The van der Waals surface area contributed by atoms with E-state index in [1.54, 1.807) is 28.9 Å². The van der Waals surface area contributed by atoms with Crippen LogP contribution in [0.15, 0.2) is 64.0 Å². The van der Waals surface area contributed by atoms with Gasteiger partial charge in [0.2, 0.25) is 4.80 Å². The van der Waals surface area contributed by atoms with E-state index < -0.39 is 0 Å². The highest BCUT2D eigenvalue weighted by molar-refractivity contribution is 7.07. The van der Waals surface area contributed by atoms with Gasteiger partial charge in [0.25, 0.3) is 0 Å². The standard InChI is InChI=1S/C20H19F2N3S/c1-13(2)23-20-25(24-14(3)15-4-8-17(21)9-5-15)19(12-26-20)16-6-10-18(22)11-7-16/h4-13H,1-3H3. The molecule has 134 valence electrons. The molecule has 1 heterocycles. The third kappa shape index (κ3) is 4.14. The van der Waals surface area contributed by atoms with Crippen LogP contribution in [-0.4, -0.2) is 16.4 Å². The lowest BCUT2D eigenvalue weighted by Crippen LogP contribution is -2.16. The SMILES string of the molecule is CC(=Nn1c(-c2ccc(F)cc2)csc1=NC(C)C)c1ccc(F)cc1. The van der Waals surface area contributed by atoms with Crippen molar-refractivity contribution in [3.05, 3.63) is 75.9 Å². The Balaban J connectivity index is 2.14. The largest absolute Gasteiger partial charge is 0.255 e. The molecule has 0 aliphatic carbocycles. The van der Waals surface area contributed by atoms with Gasteiger partial charge < -0.3 is 0 Å². The van der Waals surface area contributed by atoms with Crippen LogP contribution in [0.4, 0.5) is 8.78 Å². The highest BCUT2D eigenvalue weighted by Crippen LogP contribution is 2.21. The van der Waals surface area contributed by atoms with E-state index >= 15 is 0 Å². The van der Waals surface area contributed by atoms with E-state index in [-0.39, 0.29) is 17.7 Å². The van der Waals surface area contributed by atoms with Gasteiger partial charge in [-0.2, -0.15) is 5.10 Å². The van der Waals surface area contributed by atoms with Crippen LogP contribution in [-0.2, 0) is 0 Å². The molecule has 0 aliphatic rings. The molecule has 3 aromatic rings. The summed E-state index contributed by atoms with van der Waals surface area (Å²) in [5.41, 5.74) is 3.24. The fraction of sp³-hybridized carbons (Fsp3) is 0.200. The first-order chi connectivity index (χ1) is 12.4. The van der Waals surface area contributed by atoms with E-state index in [0.29, 0.717) is 0 Å². The average Bonchev–Trinajstić information content (AvgIpc) is 2.98. The number of rotatable bonds is 4. The van der Waals surface area contributed by atoms with Gasteiger partial charge in [-0.15, -0.1) is 11.3 Å². The van der Waals surface area contributed by atoms with Crippen molar-refractivity contribution in [2.45, 2.75) is 26.8 Å². The summed E-state index contributed by atoms with van der Waals surface area (Å²) in [6.07, 6.45) is 0. The first-order valence-corrected chi connectivity index (χ1v) is 9.14. The molecular formula is C20H19F2N3S. The zero-order valence-electron chi connectivity index (χ0n) is 14.8. The molecule has 0 N–H and O–H groups in total. The Kier molecular flexibility index (Phi) is 5.42. The Morgan fingerprint density at radius 3 is 2.12 bits per heavy atom. The maximum absolute atomic E-state index is 13.3.